The van der Waals surface area contributed by atoms with Gasteiger partial charge in [0.25, 0.3) is 0 Å². The molecule has 2 aromatic rings. The zero-order valence-electron chi connectivity index (χ0n) is 13.7. The van der Waals surface area contributed by atoms with Crippen LogP contribution in [0.4, 0.5) is 0 Å². The van der Waals surface area contributed by atoms with Crippen molar-refractivity contribution in [1.82, 2.24) is 0 Å². The van der Waals surface area contributed by atoms with Crippen molar-refractivity contribution in [3.8, 4) is 17.2 Å². The number of hydrogen-bond donors (Lipinski definition) is 1. The minimum absolute atomic E-state index is 0.226. The highest BCUT2D eigenvalue weighted by Crippen LogP contribution is 2.32. The van der Waals surface area contributed by atoms with Crippen LogP contribution in [0.1, 0.15) is 28.6 Å². The summed E-state index contributed by atoms with van der Waals surface area (Å²) in [5.74, 6) is 0.179. The van der Waals surface area contributed by atoms with Gasteiger partial charge in [0.1, 0.15) is 17.1 Å². The number of aromatic hydroxyl groups is 1. The Labute approximate surface area is 139 Å². The van der Waals surface area contributed by atoms with Gasteiger partial charge in [0.2, 0.25) is 0 Å². The molecule has 1 N–H and O–H groups in total. The lowest BCUT2D eigenvalue weighted by molar-refractivity contribution is 0.104. The van der Waals surface area contributed by atoms with E-state index in [0.717, 1.165) is 0 Å². The van der Waals surface area contributed by atoms with Gasteiger partial charge in [0, 0.05) is 11.6 Å². The summed E-state index contributed by atoms with van der Waals surface area (Å²) >= 11 is 0. The van der Waals surface area contributed by atoms with Crippen LogP contribution in [0.5, 0.6) is 17.2 Å². The molecule has 1 aromatic carbocycles. The molecule has 6 nitrogen and oxygen atoms in total. The van der Waals surface area contributed by atoms with Crippen molar-refractivity contribution in [2.45, 2.75) is 13.8 Å². The van der Waals surface area contributed by atoms with Crippen molar-refractivity contribution < 1.29 is 23.8 Å². The first kappa shape index (κ1) is 17.3. The predicted octanol–water partition coefficient (Wildman–Crippen LogP) is 2.96. The molecule has 0 aliphatic carbocycles. The molecule has 1 aromatic heterocycles. The quantitative estimate of drug-likeness (QED) is 0.647. The van der Waals surface area contributed by atoms with E-state index in [0.29, 0.717) is 23.7 Å². The van der Waals surface area contributed by atoms with Crippen LogP contribution in [-0.2, 0) is 0 Å². The van der Waals surface area contributed by atoms with E-state index in [9.17, 15) is 14.7 Å². The summed E-state index contributed by atoms with van der Waals surface area (Å²) in [7, 11) is 1.50. The van der Waals surface area contributed by atoms with Gasteiger partial charge in [-0.2, -0.15) is 0 Å². The lowest BCUT2D eigenvalue weighted by atomic mass is 10.1. The molecule has 0 spiro atoms. The van der Waals surface area contributed by atoms with Crippen molar-refractivity contribution in [3.63, 3.8) is 0 Å². The maximum Gasteiger partial charge on any atom is 0.351 e. The number of rotatable bonds is 6. The largest absolute Gasteiger partial charge is 0.507 e. The molecule has 2 rings (SSSR count). The van der Waals surface area contributed by atoms with Crippen LogP contribution in [-0.4, -0.2) is 24.6 Å². The number of para-hydroxylation sites is 1. The fourth-order valence-corrected chi connectivity index (χ4v) is 2.22. The number of carbonyl (C=O) groups is 1. The van der Waals surface area contributed by atoms with Crippen molar-refractivity contribution in [2.75, 3.05) is 13.7 Å². The Bertz CT molecular complexity index is 832. The molecule has 0 aliphatic heterocycles. The zero-order valence-corrected chi connectivity index (χ0v) is 13.7. The summed E-state index contributed by atoms with van der Waals surface area (Å²) in [5, 5.41) is 9.80. The number of hydrogen-bond acceptors (Lipinski definition) is 6. The number of methoxy groups -OCH3 is 1. The summed E-state index contributed by atoms with van der Waals surface area (Å²) in [6, 6.07) is 6.47. The van der Waals surface area contributed by atoms with Gasteiger partial charge in [-0.25, -0.2) is 4.79 Å². The molecule has 0 aliphatic rings. The fourth-order valence-electron chi connectivity index (χ4n) is 2.22. The van der Waals surface area contributed by atoms with E-state index in [-0.39, 0.29) is 5.76 Å². The van der Waals surface area contributed by atoms with Crippen LogP contribution in [0.15, 0.2) is 39.6 Å². The lowest BCUT2D eigenvalue weighted by Crippen LogP contribution is -2.13. The highest BCUT2D eigenvalue weighted by atomic mass is 16.5. The van der Waals surface area contributed by atoms with Gasteiger partial charge < -0.3 is 19.0 Å². The first-order chi connectivity index (χ1) is 11.5. The maximum atomic E-state index is 12.2. The van der Waals surface area contributed by atoms with Gasteiger partial charge in [0.05, 0.1) is 13.7 Å². The van der Waals surface area contributed by atoms with Crippen LogP contribution in [0.25, 0.3) is 6.08 Å². The molecule has 6 heteroatoms. The number of aryl methyl sites for hydroxylation is 1. The monoisotopic (exact) mass is 330 g/mol. The van der Waals surface area contributed by atoms with E-state index in [4.69, 9.17) is 13.9 Å². The highest BCUT2D eigenvalue weighted by Gasteiger charge is 2.16. The van der Waals surface area contributed by atoms with Crippen LogP contribution in [0.3, 0.4) is 0 Å². The summed E-state index contributed by atoms with van der Waals surface area (Å²) in [6.07, 6.45) is 2.66. The first-order valence-corrected chi connectivity index (χ1v) is 7.33. The van der Waals surface area contributed by atoms with Crippen LogP contribution in [0.2, 0.25) is 0 Å². The van der Waals surface area contributed by atoms with E-state index in [1.165, 1.54) is 32.3 Å². The molecule has 0 bridgehead atoms. The second-order valence-electron chi connectivity index (χ2n) is 4.91. The molecule has 0 atom stereocenters. The highest BCUT2D eigenvalue weighted by molar-refractivity contribution is 6.08. The number of benzene rings is 1. The van der Waals surface area contributed by atoms with Gasteiger partial charge in [-0.3, -0.25) is 4.79 Å². The minimum atomic E-state index is -0.878. The fraction of sp³-hybridized carbons (Fsp3) is 0.222. The molecule has 0 radical (unpaired) electrons. The molecule has 24 heavy (non-hydrogen) atoms. The lowest BCUT2D eigenvalue weighted by Gasteiger charge is -2.11. The Hall–Kier alpha value is -3.02. The Morgan fingerprint density at radius 1 is 1.38 bits per heavy atom. The second-order valence-corrected chi connectivity index (χ2v) is 4.91. The van der Waals surface area contributed by atoms with E-state index in [1.807, 2.05) is 6.92 Å². The van der Waals surface area contributed by atoms with E-state index in [2.05, 4.69) is 0 Å². The SMILES string of the molecule is CCOc1cccc(/C=C/C(=O)c2c(O)cc(C)oc2=O)c1OC. The average molecular weight is 330 g/mol. The van der Waals surface area contributed by atoms with Gasteiger partial charge in [-0.1, -0.05) is 12.1 Å². The van der Waals surface area contributed by atoms with Crippen molar-refractivity contribution in [2.24, 2.45) is 0 Å². The molecule has 0 unspecified atom stereocenters. The molecular formula is C18H18O6. The van der Waals surface area contributed by atoms with Gasteiger partial charge in [0.15, 0.2) is 17.3 Å². The van der Waals surface area contributed by atoms with E-state index in [1.54, 1.807) is 18.2 Å². The third-order valence-corrected chi connectivity index (χ3v) is 3.23. The molecule has 0 amide bonds. The Morgan fingerprint density at radius 3 is 2.75 bits per heavy atom. The van der Waals surface area contributed by atoms with Crippen LogP contribution >= 0.6 is 0 Å². The first-order valence-electron chi connectivity index (χ1n) is 7.33. The number of ether oxygens (including phenoxy) is 2. The van der Waals surface area contributed by atoms with Crippen molar-refractivity contribution >= 4 is 11.9 Å². The summed E-state index contributed by atoms with van der Waals surface area (Å²) in [4.78, 5) is 24.0. The third-order valence-electron chi connectivity index (χ3n) is 3.23. The van der Waals surface area contributed by atoms with E-state index >= 15 is 0 Å². The molecule has 126 valence electrons. The second kappa shape index (κ2) is 7.50. The topological polar surface area (TPSA) is 86.0 Å². The van der Waals surface area contributed by atoms with Crippen molar-refractivity contribution in [1.29, 1.82) is 0 Å². The van der Waals surface area contributed by atoms with Gasteiger partial charge in [-0.05, 0) is 32.1 Å². The predicted molar refractivity (Wildman–Crippen MR) is 88.9 cm³/mol. The van der Waals surface area contributed by atoms with Crippen LogP contribution < -0.4 is 15.1 Å². The van der Waals surface area contributed by atoms with Crippen molar-refractivity contribution in [3.05, 3.63) is 57.6 Å². The normalized spacial score (nSPS) is 10.8. The minimum Gasteiger partial charge on any atom is -0.507 e. The number of allylic oxidation sites excluding steroid dienone is 1. The maximum absolute atomic E-state index is 12.2. The molecule has 0 fully saturated rings. The zero-order chi connectivity index (χ0) is 17.7. The van der Waals surface area contributed by atoms with Gasteiger partial charge >= 0.3 is 5.63 Å². The number of carbonyl (C=O) groups excluding carboxylic acids is 1. The molecule has 0 saturated heterocycles. The van der Waals surface area contributed by atoms with Gasteiger partial charge in [-0.15, -0.1) is 0 Å². The Balaban J connectivity index is 2.37. The van der Waals surface area contributed by atoms with E-state index < -0.39 is 22.7 Å². The standard InChI is InChI=1S/C18H18O6/c1-4-23-15-7-5-6-12(17(15)22-3)8-9-13(19)16-14(20)10-11(2)24-18(16)21/h5-10,20H,4H2,1-3H3/b9-8+. The summed E-state index contributed by atoms with van der Waals surface area (Å²) < 4.78 is 15.6. The Kier molecular flexibility index (Phi) is 5.42. The molecular weight excluding hydrogens is 312 g/mol. The van der Waals surface area contributed by atoms with Crippen LogP contribution in [0, 0.1) is 6.92 Å². The summed E-state index contributed by atoms with van der Waals surface area (Å²) in [6.45, 7) is 3.83. The Morgan fingerprint density at radius 2 is 2.12 bits per heavy atom. The molecule has 0 saturated carbocycles. The molecule has 1 heterocycles. The smallest absolute Gasteiger partial charge is 0.351 e. The third kappa shape index (κ3) is 3.65. The number of ketones is 1. The average Bonchev–Trinajstić information content (AvgIpc) is 2.52. The summed E-state index contributed by atoms with van der Waals surface area (Å²) in [5.41, 5.74) is -0.679.